The number of nitrogens with one attached hydrogen (secondary N) is 1. The molecular weight excluding hydrogens is 569 g/mol. The predicted molar refractivity (Wildman–Crippen MR) is 164 cm³/mol. The summed E-state index contributed by atoms with van der Waals surface area (Å²) >= 11 is 0. The second-order valence-electron chi connectivity index (χ2n) is 9.92. The number of aryl methyl sites for hydroxylation is 1. The lowest BCUT2D eigenvalue weighted by Crippen LogP contribution is -2.51. The molecule has 8 nitrogen and oxygen atoms in total. The number of halogens is 1. The molecule has 1 N–H and O–H groups in total. The van der Waals surface area contributed by atoms with Gasteiger partial charge in [0.25, 0.3) is 10.0 Å². The van der Waals surface area contributed by atoms with Crippen molar-refractivity contribution in [3.8, 4) is 11.5 Å². The summed E-state index contributed by atoms with van der Waals surface area (Å²) in [6, 6.07) is 26.7. The molecule has 1 atom stereocenters. The molecule has 0 radical (unpaired) electrons. The Bertz CT molecular complexity index is 1650. The number of sulfonamides is 1. The van der Waals surface area contributed by atoms with E-state index >= 15 is 0 Å². The lowest BCUT2D eigenvalue weighted by Gasteiger charge is -2.32. The number of para-hydroxylation sites is 1. The van der Waals surface area contributed by atoms with Crippen LogP contribution in [0.1, 0.15) is 25.0 Å². The van der Waals surface area contributed by atoms with Crippen molar-refractivity contribution in [3.05, 3.63) is 120 Å². The van der Waals surface area contributed by atoms with E-state index in [9.17, 15) is 22.4 Å². The first-order valence-corrected chi connectivity index (χ1v) is 15.3. The Morgan fingerprint density at radius 3 is 2.09 bits per heavy atom. The molecule has 0 spiro atoms. The van der Waals surface area contributed by atoms with Crippen molar-refractivity contribution in [2.75, 3.05) is 17.4 Å². The third-order valence-electron chi connectivity index (χ3n) is 6.81. The van der Waals surface area contributed by atoms with E-state index in [0.717, 1.165) is 9.87 Å². The molecule has 4 aromatic carbocycles. The highest BCUT2D eigenvalue weighted by molar-refractivity contribution is 7.92. The van der Waals surface area contributed by atoms with Crippen LogP contribution in [0.2, 0.25) is 0 Å². The van der Waals surface area contributed by atoms with E-state index in [1.807, 2.05) is 25.1 Å². The van der Waals surface area contributed by atoms with E-state index in [0.29, 0.717) is 18.0 Å². The molecule has 10 heteroatoms. The van der Waals surface area contributed by atoms with Crippen molar-refractivity contribution in [3.63, 3.8) is 0 Å². The van der Waals surface area contributed by atoms with Gasteiger partial charge in [0.05, 0.1) is 10.6 Å². The molecule has 4 aromatic rings. The van der Waals surface area contributed by atoms with Crippen LogP contribution in [0.15, 0.2) is 108 Å². The molecule has 2 amide bonds. The third kappa shape index (κ3) is 7.78. The molecular formula is C33H34FN3O5S. The number of amides is 2. The SMILES string of the molecule is CCNC(=O)C(C)N(Cc1ccccc1F)C(=O)CN(c1ccc(Oc2ccccc2)cc1)S(=O)(=O)c1ccc(C)cc1. The smallest absolute Gasteiger partial charge is 0.264 e. The van der Waals surface area contributed by atoms with E-state index in [4.69, 9.17) is 4.74 Å². The van der Waals surface area contributed by atoms with Crippen LogP contribution in [0.3, 0.4) is 0 Å². The highest BCUT2D eigenvalue weighted by Gasteiger charge is 2.32. The van der Waals surface area contributed by atoms with Crippen LogP contribution in [0, 0.1) is 12.7 Å². The second kappa shape index (κ2) is 14.0. The highest BCUT2D eigenvalue weighted by atomic mass is 32.2. The number of benzene rings is 4. The molecule has 0 bridgehead atoms. The summed E-state index contributed by atoms with van der Waals surface area (Å²) in [6.07, 6.45) is 0. The van der Waals surface area contributed by atoms with Crippen LogP contribution in [-0.4, -0.2) is 44.3 Å². The summed E-state index contributed by atoms with van der Waals surface area (Å²) in [7, 11) is -4.24. The van der Waals surface area contributed by atoms with Crippen molar-refractivity contribution >= 4 is 27.5 Å². The zero-order valence-corrected chi connectivity index (χ0v) is 25.1. The van der Waals surface area contributed by atoms with Gasteiger partial charge in [0.15, 0.2) is 0 Å². The lowest BCUT2D eigenvalue weighted by atomic mass is 10.1. The molecule has 0 aliphatic carbocycles. The molecule has 0 heterocycles. The van der Waals surface area contributed by atoms with Gasteiger partial charge in [-0.2, -0.15) is 0 Å². The minimum atomic E-state index is -4.24. The van der Waals surface area contributed by atoms with Crippen LogP contribution < -0.4 is 14.4 Å². The average molecular weight is 604 g/mol. The van der Waals surface area contributed by atoms with E-state index in [1.54, 1.807) is 61.5 Å². The molecule has 0 fully saturated rings. The van der Waals surface area contributed by atoms with Gasteiger partial charge in [-0.05, 0) is 75.4 Å². The number of likely N-dealkylation sites (N-methyl/N-ethyl adjacent to an activating group) is 1. The summed E-state index contributed by atoms with van der Waals surface area (Å²) in [5.41, 5.74) is 1.28. The van der Waals surface area contributed by atoms with Crippen LogP contribution >= 0.6 is 0 Å². The Morgan fingerprint density at radius 1 is 0.860 bits per heavy atom. The number of anilines is 1. The van der Waals surface area contributed by atoms with Gasteiger partial charge in [-0.25, -0.2) is 12.8 Å². The summed E-state index contributed by atoms with van der Waals surface area (Å²) < 4.78 is 49.4. The Hall–Kier alpha value is -4.70. The van der Waals surface area contributed by atoms with E-state index < -0.39 is 40.2 Å². The Balaban J connectivity index is 1.71. The normalized spacial score (nSPS) is 11.8. The molecule has 224 valence electrons. The summed E-state index contributed by atoms with van der Waals surface area (Å²) in [5, 5.41) is 2.68. The summed E-state index contributed by atoms with van der Waals surface area (Å²) in [4.78, 5) is 27.9. The van der Waals surface area contributed by atoms with Gasteiger partial charge < -0.3 is 15.0 Å². The fourth-order valence-electron chi connectivity index (χ4n) is 4.39. The maximum absolute atomic E-state index is 14.6. The molecule has 0 saturated heterocycles. The van der Waals surface area contributed by atoms with Crippen LogP contribution in [0.5, 0.6) is 11.5 Å². The number of ether oxygens (including phenoxy) is 1. The predicted octanol–water partition coefficient (Wildman–Crippen LogP) is 5.68. The van der Waals surface area contributed by atoms with Crippen molar-refractivity contribution in [1.29, 1.82) is 0 Å². The van der Waals surface area contributed by atoms with Gasteiger partial charge in [-0.3, -0.25) is 13.9 Å². The molecule has 4 rings (SSSR count). The van der Waals surface area contributed by atoms with Crippen LogP contribution in [-0.2, 0) is 26.2 Å². The van der Waals surface area contributed by atoms with Gasteiger partial charge in [0, 0.05) is 18.7 Å². The fraction of sp³-hybridized carbons (Fsp3) is 0.212. The number of hydrogen-bond donors (Lipinski definition) is 1. The first-order chi connectivity index (χ1) is 20.6. The van der Waals surface area contributed by atoms with Crippen molar-refractivity contribution < 1.29 is 27.1 Å². The standard InChI is InChI=1S/C33H34FN3O5S/c1-4-35-33(39)25(3)36(22-26-10-8-9-13-31(26)34)32(38)23-37(43(40,41)30-20-14-24(2)15-21-30)27-16-18-29(19-17-27)42-28-11-6-5-7-12-28/h5-21,25H,4,22-23H2,1-3H3,(H,35,39). The van der Waals surface area contributed by atoms with Gasteiger partial charge >= 0.3 is 0 Å². The summed E-state index contributed by atoms with van der Waals surface area (Å²) in [5.74, 6) is -0.580. The summed E-state index contributed by atoms with van der Waals surface area (Å²) in [6.45, 7) is 4.58. The van der Waals surface area contributed by atoms with Crippen molar-refractivity contribution in [2.45, 2.75) is 38.3 Å². The van der Waals surface area contributed by atoms with E-state index in [1.165, 1.54) is 42.2 Å². The number of nitrogens with zero attached hydrogens (tertiary/aromatic N) is 2. The third-order valence-corrected chi connectivity index (χ3v) is 8.60. The van der Waals surface area contributed by atoms with Crippen molar-refractivity contribution in [2.24, 2.45) is 0 Å². The molecule has 1 unspecified atom stereocenters. The molecule has 0 saturated carbocycles. The maximum atomic E-state index is 14.6. The molecule has 0 aliphatic rings. The minimum absolute atomic E-state index is 0.00654. The van der Waals surface area contributed by atoms with E-state index in [2.05, 4.69) is 5.32 Å². The zero-order chi connectivity index (χ0) is 31.0. The molecule has 43 heavy (non-hydrogen) atoms. The maximum Gasteiger partial charge on any atom is 0.264 e. The van der Waals surface area contributed by atoms with Crippen molar-refractivity contribution in [1.82, 2.24) is 10.2 Å². The highest BCUT2D eigenvalue weighted by Crippen LogP contribution is 2.29. The van der Waals surface area contributed by atoms with Crippen LogP contribution in [0.25, 0.3) is 0 Å². The van der Waals surface area contributed by atoms with Crippen LogP contribution in [0.4, 0.5) is 10.1 Å². The molecule has 0 aromatic heterocycles. The van der Waals surface area contributed by atoms with Gasteiger partial charge in [0.2, 0.25) is 11.8 Å². The first-order valence-electron chi connectivity index (χ1n) is 13.8. The number of carbonyl (C=O) groups is 2. The van der Waals surface area contributed by atoms with Gasteiger partial charge in [0.1, 0.15) is 29.9 Å². The zero-order valence-electron chi connectivity index (χ0n) is 24.2. The average Bonchev–Trinajstić information content (AvgIpc) is 3.00. The number of rotatable bonds is 12. The number of hydrogen-bond acceptors (Lipinski definition) is 5. The largest absolute Gasteiger partial charge is 0.457 e. The Labute approximate surface area is 251 Å². The second-order valence-corrected chi connectivity index (χ2v) is 11.8. The monoisotopic (exact) mass is 603 g/mol. The fourth-order valence-corrected chi connectivity index (χ4v) is 5.80. The quantitative estimate of drug-likeness (QED) is 0.225. The first kappa shape index (κ1) is 31.2. The Morgan fingerprint density at radius 2 is 1.47 bits per heavy atom. The minimum Gasteiger partial charge on any atom is -0.457 e. The lowest BCUT2D eigenvalue weighted by molar-refractivity contribution is -0.139. The van der Waals surface area contributed by atoms with E-state index in [-0.39, 0.29) is 22.7 Å². The topological polar surface area (TPSA) is 96.0 Å². The Kier molecular flexibility index (Phi) is 10.2. The molecule has 0 aliphatic heterocycles. The van der Waals surface area contributed by atoms with Gasteiger partial charge in [-0.15, -0.1) is 0 Å². The van der Waals surface area contributed by atoms with Gasteiger partial charge in [-0.1, -0.05) is 54.1 Å². The number of carbonyl (C=O) groups excluding carboxylic acids is 2.